The Hall–Kier alpha value is -0.800. The summed E-state index contributed by atoms with van der Waals surface area (Å²) in [6.45, 7) is 4.74. The number of anilines is 1. The molecule has 1 heterocycles. The van der Waals surface area contributed by atoms with Crippen molar-refractivity contribution in [2.75, 3.05) is 18.5 Å². The predicted molar refractivity (Wildman–Crippen MR) is 58.9 cm³/mol. The van der Waals surface area contributed by atoms with Crippen molar-refractivity contribution < 1.29 is 5.11 Å². The van der Waals surface area contributed by atoms with Crippen LogP contribution in [0.25, 0.3) is 0 Å². The number of aryl methyl sites for hydroxylation is 1. The van der Waals surface area contributed by atoms with Gasteiger partial charge in [0.1, 0.15) is 5.82 Å². The van der Waals surface area contributed by atoms with Gasteiger partial charge in [0.15, 0.2) is 0 Å². The van der Waals surface area contributed by atoms with Gasteiger partial charge in [-0.05, 0) is 19.9 Å². The van der Waals surface area contributed by atoms with E-state index in [4.69, 9.17) is 16.7 Å². The summed E-state index contributed by atoms with van der Waals surface area (Å²) in [4.78, 5) is 6.32. The maximum atomic E-state index is 9.02. The Kier molecular flexibility index (Phi) is 3.72. The molecular weight excluding hydrogens is 200 g/mol. The summed E-state index contributed by atoms with van der Waals surface area (Å²) in [6, 6.07) is 1.77. The molecule has 0 unspecified atom stereocenters. The van der Waals surface area contributed by atoms with Crippen LogP contribution in [-0.2, 0) is 6.61 Å². The van der Waals surface area contributed by atoms with Crippen LogP contribution in [0.3, 0.4) is 0 Å². The molecule has 1 aromatic heterocycles. The molecule has 0 saturated heterocycles. The molecule has 0 radical (unpaired) electrons. The van der Waals surface area contributed by atoms with E-state index < -0.39 is 0 Å². The minimum Gasteiger partial charge on any atom is -0.392 e. The van der Waals surface area contributed by atoms with Crippen LogP contribution in [0.15, 0.2) is 6.07 Å². The van der Waals surface area contributed by atoms with Crippen LogP contribution in [0.4, 0.5) is 5.82 Å². The Morgan fingerprint density at radius 1 is 1.57 bits per heavy atom. The number of aromatic nitrogens is 1. The molecule has 3 nitrogen and oxygen atoms in total. The largest absolute Gasteiger partial charge is 0.392 e. The SMILES string of the molecule is CCN(C)c1nc(C)c(CO)cc1Cl. The fraction of sp³-hybridized carbons (Fsp3) is 0.500. The summed E-state index contributed by atoms with van der Waals surface area (Å²) in [5.74, 6) is 0.767. The molecule has 0 bridgehead atoms. The third kappa shape index (κ3) is 2.16. The van der Waals surface area contributed by atoms with Crippen molar-refractivity contribution in [3.8, 4) is 0 Å². The molecule has 4 heteroatoms. The molecule has 14 heavy (non-hydrogen) atoms. The van der Waals surface area contributed by atoms with Crippen molar-refractivity contribution in [1.29, 1.82) is 0 Å². The molecule has 0 amide bonds. The number of rotatable bonds is 3. The van der Waals surface area contributed by atoms with E-state index in [-0.39, 0.29) is 6.61 Å². The van der Waals surface area contributed by atoms with E-state index in [0.29, 0.717) is 5.02 Å². The molecular formula is C10H15ClN2O. The van der Waals surface area contributed by atoms with Crippen LogP contribution >= 0.6 is 11.6 Å². The second-order valence-electron chi connectivity index (χ2n) is 3.21. The number of nitrogens with zero attached hydrogens (tertiary/aromatic N) is 2. The van der Waals surface area contributed by atoms with Gasteiger partial charge in [-0.3, -0.25) is 0 Å². The predicted octanol–water partition coefficient (Wildman–Crippen LogP) is 1.99. The van der Waals surface area contributed by atoms with Crippen molar-refractivity contribution in [2.45, 2.75) is 20.5 Å². The van der Waals surface area contributed by atoms with Gasteiger partial charge >= 0.3 is 0 Å². The first kappa shape index (κ1) is 11.3. The summed E-state index contributed by atoms with van der Waals surface area (Å²) in [7, 11) is 1.94. The first-order valence-electron chi connectivity index (χ1n) is 4.58. The lowest BCUT2D eigenvalue weighted by molar-refractivity contribution is 0.280. The highest BCUT2D eigenvalue weighted by molar-refractivity contribution is 6.33. The second kappa shape index (κ2) is 4.62. The van der Waals surface area contributed by atoms with Gasteiger partial charge in [-0.2, -0.15) is 0 Å². The van der Waals surface area contributed by atoms with Gasteiger partial charge in [0, 0.05) is 24.8 Å². The lowest BCUT2D eigenvalue weighted by Gasteiger charge is -2.18. The summed E-state index contributed by atoms with van der Waals surface area (Å²) in [5.41, 5.74) is 1.61. The third-order valence-electron chi connectivity index (χ3n) is 2.26. The fourth-order valence-electron chi connectivity index (χ4n) is 1.18. The third-order valence-corrected chi connectivity index (χ3v) is 2.54. The molecule has 0 saturated carbocycles. The summed E-state index contributed by atoms with van der Waals surface area (Å²) >= 11 is 6.04. The van der Waals surface area contributed by atoms with E-state index in [9.17, 15) is 0 Å². The van der Waals surface area contributed by atoms with Crippen LogP contribution in [0.1, 0.15) is 18.2 Å². The highest BCUT2D eigenvalue weighted by atomic mass is 35.5. The standard InChI is InChI=1S/C10H15ClN2O/c1-4-13(3)10-9(11)5-8(6-14)7(2)12-10/h5,14H,4,6H2,1-3H3. The molecule has 1 N–H and O–H groups in total. The van der Waals surface area contributed by atoms with E-state index in [2.05, 4.69) is 4.98 Å². The van der Waals surface area contributed by atoms with Gasteiger partial charge < -0.3 is 10.0 Å². The van der Waals surface area contributed by atoms with Gasteiger partial charge in [0.05, 0.1) is 11.6 Å². The first-order chi connectivity index (χ1) is 6.60. The summed E-state index contributed by atoms with van der Waals surface area (Å²) < 4.78 is 0. The van der Waals surface area contributed by atoms with E-state index in [1.165, 1.54) is 0 Å². The monoisotopic (exact) mass is 214 g/mol. The zero-order chi connectivity index (χ0) is 10.7. The highest BCUT2D eigenvalue weighted by Gasteiger charge is 2.09. The number of aliphatic hydroxyl groups excluding tert-OH is 1. The zero-order valence-electron chi connectivity index (χ0n) is 8.71. The van der Waals surface area contributed by atoms with Crippen LogP contribution in [0.2, 0.25) is 5.02 Å². The number of hydrogen-bond donors (Lipinski definition) is 1. The van der Waals surface area contributed by atoms with Crippen molar-refractivity contribution in [3.05, 3.63) is 22.3 Å². The van der Waals surface area contributed by atoms with E-state index >= 15 is 0 Å². The van der Waals surface area contributed by atoms with Crippen LogP contribution in [-0.4, -0.2) is 23.7 Å². The molecule has 78 valence electrons. The van der Waals surface area contributed by atoms with Crippen molar-refractivity contribution in [3.63, 3.8) is 0 Å². The van der Waals surface area contributed by atoms with Crippen molar-refractivity contribution in [1.82, 2.24) is 4.98 Å². The summed E-state index contributed by atoms with van der Waals surface area (Å²) in [5, 5.41) is 9.60. The van der Waals surface area contributed by atoms with Crippen molar-refractivity contribution in [2.24, 2.45) is 0 Å². The van der Waals surface area contributed by atoms with E-state index in [0.717, 1.165) is 23.6 Å². The van der Waals surface area contributed by atoms with Gasteiger partial charge in [0.2, 0.25) is 0 Å². The van der Waals surface area contributed by atoms with Crippen LogP contribution in [0.5, 0.6) is 0 Å². The number of aliphatic hydroxyl groups is 1. The minimum absolute atomic E-state index is 0.0192. The minimum atomic E-state index is -0.0192. The quantitative estimate of drug-likeness (QED) is 0.836. The second-order valence-corrected chi connectivity index (χ2v) is 3.62. The Morgan fingerprint density at radius 2 is 2.21 bits per heavy atom. The molecule has 0 fully saturated rings. The number of hydrogen-bond acceptors (Lipinski definition) is 3. The maximum absolute atomic E-state index is 9.02. The average Bonchev–Trinajstić information content (AvgIpc) is 2.19. The zero-order valence-corrected chi connectivity index (χ0v) is 9.47. The molecule has 1 rings (SSSR count). The van der Waals surface area contributed by atoms with Gasteiger partial charge in [-0.15, -0.1) is 0 Å². The molecule has 0 aliphatic heterocycles. The molecule has 0 atom stereocenters. The van der Waals surface area contributed by atoms with Crippen LogP contribution in [0, 0.1) is 6.92 Å². The lowest BCUT2D eigenvalue weighted by Crippen LogP contribution is -2.18. The van der Waals surface area contributed by atoms with E-state index in [1.807, 2.05) is 25.8 Å². The first-order valence-corrected chi connectivity index (χ1v) is 4.96. The van der Waals surface area contributed by atoms with Gasteiger partial charge in [-0.25, -0.2) is 4.98 Å². The molecule has 0 spiro atoms. The van der Waals surface area contributed by atoms with Gasteiger partial charge in [0.25, 0.3) is 0 Å². The van der Waals surface area contributed by atoms with Crippen LogP contribution < -0.4 is 4.90 Å². The number of pyridine rings is 1. The average molecular weight is 215 g/mol. The Balaban J connectivity index is 3.14. The Bertz CT molecular complexity index is 328. The fourth-order valence-corrected chi connectivity index (χ4v) is 1.50. The topological polar surface area (TPSA) is 36.4 Å². The maximum Gasteiger partial charge on any atom is 0.147 e. The molecule has 0 aromatic carbocycles. The molecule has 1 aromatic rings. The highest BCUT2D eigenvalue weighted by Crippen LogP contribution is 2.25. The van der Waals surface area contributed by atoms with E-state index in [1.54, 1.807) is 6.07 Å². The normalized spacial score (nSPS) is 10.4. The number of halogens is 1. The summed E-state index contributed by atoms with van der Waals surface area (Å²) in [6.07, 6.45) is 0. The Labute approximate surface area is 89.3 Å². The lowest BCUT2D eigenvalue weighted by atomic mass is 10.2. The molecule has 0 aliphatic carbocycles. The Morgan fingerprint density at radius 3 is 2.71 bits per heavy atom. The van der Waals surface area contributed by atoms with Gasteiger partial charge in [-0.1, -0.05) is 11.6 Å². The smallest absolute Gasteiger partial charge is 0.147 e. The molecule has 0 aliphatic rings. The van der Waals surface area contributed by atoms with Crippen molar-refractivity contribution >= 4 is 17.4 Å².